The van der Waals surface area contributed by atoms with Crippen LogP contribution in [0.15, 0.2) is 48.7 Å². The molecule has 0 saturated carbocycles. The molecular formula is C12H10NO2P. The van der Waals surface area contributed by atoms with Crippen LogP contribution in [-0.2, 0) is 6.16 Å². The van der Waals surface area contributed by atoms with E-state index in [1.807, 2.05) is 42.5 Å². The summed E-state index contributed by atoms with van der Waals surface area (Å²) in [5.74, 6) is 1.68. The predicted molar refractivity (Wildman–Crippen MR) is 62.6 cm³/mol. The minimum atomic E-state index is -0.911. The van der Waals surface area contributed by atoms with Crippen LogP contribution in [0.1, 0.15) is 5.69 Å². The van der Waals surface area contributed by atoms with Crippen LogP contribution in [0.5, 0.6) is 11.5 Å². The highest BCUT2D eigenvalue weighted by atomic mass is 31.2. The first-order valence-electron chi connectivity index (χ1n) is 5.04. The van der Waals surface area contributed by atoms with Gasteiger partial charge in [0.25, 0.3) is 8.38 Å². The van der Waals surface area contributed by atoms with Gasteiger partial charge in [0.05, 0.1) is 11.9 Å². The van der Waals surface area contributed by atoms with Crippen LogP contribution < -0.4 is 9.05 Å². The molecule has 0 bridgehead atoms. The maximum absolute atomic E-state index is 5.71. The molecule has 0 unspecified atom stereocenters. The van der Waals surface area contributed by atoms with Crippen molar-refractivity contribution in [2.45, 2.75) is 6.16 Å². The summed E-state index contributed by atoms with van der Waals surface area (Å²) in [6, 6.07) is 13.6. The van der Waals surface area contributed by atoms with E-state index in [1.54, 1.807) is 6.20 Å². The number of fused-ring (bicyclic) bond motifs is 1. The first kappa shape index (κ1) is 9.61. The molecule has 0 amide bonds. The van der Waals surface area contributed by atoms with E-state index in [0.717, 1.165) is 23.4 Å². The van der Waals surface area contributed by atoms with E-state index in [0.29, 0.717) is 0 Å². The van der Waals surface area contributed by atoms with Crippen LogP contribution in [0.25, 0.3) is 0 Å². The van der Waals surface area contributed by atoms with Gasteiger partial charge < -0.3 is 9.05 Å². The van der Waals surface area contributed by atoms with Gasteiger partial charge in [-0.3, -0.25) is 4.98 Å². The molecule has 4 heteroatoms. The lowest BCUT2D eigenvalue weighted by molar-refractivity contribution is 0.570. The molecule has 0 saturated heterocycles. The first-order valence-corrected chi connectivity index (χ1v) is 6.40. The van der Waals surface area contributed by atoms with E-state index in [-0.39, 0.29) is 0 Å². The maximum Gasteiger partial charge on any atom is 0.296 e. The van der Waals surface area contributed by atoms with Gasteiger partial charge in [0.2, 0.25) is 0 Å². The zero-order valence-corrected chi connectivity index (χ0v) is 9.43. The molecule has 0 radical (unpaired) electrons. The monoisotopic (exact) mass is 231 g/mol. The molecule has 1 aliphatic heterocycles. The third-order valence-corrected chi connectivity index (χ3v) is 3.65. The van der Waals surface area contributed by atoms with Crippen LogP contribution >= 0.6 is 8.38 Å². The zero-order valence-electron chi connectivity index (χ0n) is 8.54. The van der Waals surface area contributed by atoms with Crippen molar-refractivity contribution in [1.29, 1.82) is 0 Å². The molecule has 3 rings (SSSR count). The third-order valence-electron chi connectivity index (χ3n) is 2.27. The predicted octanol–water partition coefficient (Wildman–Crippen LogP) is 3.36. The fourth-order valence-electron chi connectivity index (χ4n) is 1.53. The van der Waals surface area contributed by atoms with Crippen molar-refractivity contribution in [1.82, 2.24) is 4.98 Å². The van der Waals surface area contributed by atoms with Crippen LogP contribution in [0.3, 0.4) is 0 Å². The molecule has 1 aromatic heterocycles. The number of rotatable bonds is 2. The summed E-state index contributed by atoms with van der Waals surface area (Å²) in [5, 5.41) is 0. The molecule has 0 N–H and O–H groups in total. The van der Waals surface area contributed by atoms with Crippen molar-refractivity contribution in [3.63, 3.8) is 0 Å². The Morgan fingerprint density at radius 1 is 0.938 bits per heavy atom. The fraction of sp³-hybridized carbons (Fsp3) is 0.0833. The zero-order chi connectivity index (χ0) is 10.8. The number of benzene rings is 1. The highest BCUT2D eigenvalue weighted by Gasteiger charge is 2.25. The highest BCUT2D eigenvalue weighted by Crippen LogP contribution is 2.53. The Morgan fingerprint density at radius 2 is 1.62 bits per heavy atom. The molecule has 16 heavy (non-hydrogen) atoms. The van der Waals surface area contributed by atoms with Gasteiger partial charge in [-0.1, -0.05) is 18.2 Å². The van der Waals surface area contributed by atoms with Crippen LogP contribution in [-0.4, -0.2) is 4.98 Å². The second-order valence-corrected chi connectivity index (χ2v) is 4.79. The van der Waals surface area contributed by atoms with E-state index < -0.39 is 8.38 Å². The van der Waals surface area contributed by atoms with Crippen molar-refractivity contribution < 1.29 is 9.05 Å². The third kappa shape index (κ3) is 1.86. The van der Waals surface area contributed by atoms with Gasteiger partial charge in [0.1, 0.15) is 0 Å². The van der Waals surface area contributed by atoms with E-state index >= 15 is 0 Å². The Balaban J connectivity index is 1.73. The van der Waals surface area contributed by atoms with Gasteiger partial charge in [-0.2, -0.15) is 0 Å². The SMILES string of the molecule is c1ccc(CP2Oc3ccccc3O2)nc1. The first-order chi connectivity index (χ1) is 7.92. The van der Waals surface area contributed by atoms with Gasteiger partial charge in [-0.25, -0.2) is 0 Å². The number of para-hydroxylation sites is 2. The Kier molecular flexibility index (Phi) is 2.47. The summed E-state index contributed by atoms with van der Waals surface area (Å²) >= 11 is 0. The molecule has 0 atom stereocenters. The second kappa shape index (κ2) is 4.11. The molecule has 0 aliphatic carbocycles. The average Bonchev–Trinajstić information content (AvgIpc) is 2.72. The lowest BCUT2D eigenvalue weighted by Gasteiger charge is -2.06. The number of nitrogens with zero attached hydrogens (tertiary/aromatic N) is 1. The molecule has 80 valence electrons. The van der Waals surface area contributed by atoms with Crippen LogP contribution in [0.4, 0.5) is 0 Å². The van der Waals surface area contributed by atoms with Crippen molar-refractivity contribution in [3.8, 4) is 11.5 Å². The molecule has 3 nitrogen and oxygen atoms in total. The molecule has 2 aromatic rings. The number of pyridine rings is 1. The average molecular weight is 231 g/mol. The fourth-order valence-corrected chi connectivity index (χ4v) is 2.89. The molecule has 0 fully saturated rings. The summed E-state index contributed by atoms with van der Waals surface area (Å²) < 4.78 is 11.4. The topological polar surface area (TPSA) is 31.4 Å². The molecule has 1 aliphatic rings. The number of aromatic nitrogens is 1. The van der Waals surface area contributed by atoms with Gasteiger partial charge >= 0.3 is 0 Å². The molecular weight excluding hydrogens is 221 g/mol. The number of hydrogen-bond donors (Lipinski definition) is 0. The van der Waals surface area contributed by atoms with Gasteiger partial charge in [0.15, 0.2) is 11.5 Å². The standard InChI is InChI=1S/C12H10NO2P/c1-2-7-12-11(6-1)14-16(15-12)9-10-5-3-4-8-13-10/h1-8H,9H2. The van der Waals surface area contributed by atoms with E-state index in [2.05, 4.69) is 4.98 Å². The molecule has 2 heterocycles. The van der Waals surface area contributed by atoms with E-state index in [4.69, 9.17) is 9.05 Å². The second-order valence-electron chi connectivity index (χ2n) is 3.44. The van der Waals surface area contributed by atoms with Crippen molar-refractivity contribution in [2.24, 2.45) is 0 Å². The summed E-state index contributed by atoms with van der Waals surface area (Å²) in [5.41, 5.74) is 1.00. The highest BCUT2D eigenvalue weighted by molar-refractivity contribution is 7.47. The minimum Gasteiger partial charge on any atom is -0.434 e. The van der Waals surface area contributed by atoms with Crippen molar-refractivity contribution in [3.05, 3.63) is 54.4 Å². The van der Waals surface area contributed by atoms with E-state index in [1.165, 1.54) is 0 Å². The lowest BCUT2D eigenvalue weighted by atomic mass is 10.3. The van der Waals surface area contributed by atoms with Gasteiger partial charge in [0, 0.05) is 6.20 Å². The quantitative estimate of drug-likeness (QED) is 0.742. The largest absolute Gasteiger partial charge is 0.434 e. The summed E-state index contributed by atoms with van der Waals surface area (Å²) in [6.45, 7) is 0. The maximum atomic E-state index is 5.71. The summed E-state index contributed by atoms with van der Waals surface area (Å²) in [6.07, 6.45) is 2.51. The molecule has 1 aromatic carbocycles. The van der Waals surface area contributed by atoms with Crippen molar-refractivity contribution >= 4 is 8.38 Å². The Bertz CT molecular complexity index is 464. The van der Waals surface area contributed by atoms with Gasteiger partial charge in [-0.05, 0) is 24.3 Å². The lowest BCUT2D eigenvalue weighted by Crippen LogP contribution is -1.92. The Labute approximate surface area is 95.0 Å². The molecule has 0 spiro atoms. The minimum absolute atomic E-state index is 0.727. The van der Waals surface area contributed by atoms with Crippen molar-refractivity contribution in [2.75, 3.05) is 0 Å². The smallest absolute Gasteiger partial charge is 0.296 e. The Morgan fingerprint density at radius 3 is 2.25 bits per heavy atom. The summed E-state index contributed by atoms with van der Waals surface area (Å²) in [7, 11) is -0.911. The normalized spacial score (nSPS) is 14.0. The van der Waals surface area contributed by atoms with Gasteiger partial charge in [-0.15, -0.1) is 0 Å². The summed E-state index contributed by atoms with van der Waals surface area (Å²) in [4.78, 5) is 4.26. The van der Waals surface area contributed by atoms with Crippen LogP contribution in [0.2, 0.25) is 0 Å². The van der Waals surface area contributed by atoms with E-state index in [9.17, 15) is 0 Å². The van der Waals surface area contributed by atoms with Crippen LogP contribution in [0, 0.1) is 0 Å². The Hall–Kier alpha value is -1.60. The number of hydrogen-bond acceptors (Lipinski definition) is 3.